The largest absolute Gasteiger partial charge is 0.326 e. The molecule has 134 valence electrons. The Hall–Kier alpha value is -1.85. The second kappa shape index (κ2) is 8.23. The molecule has 0 bridgehead atoms. The van der Waals surface area contributed by atoms with Crippen molar-refractivity contribution >= 4 is 50.2 Å². The van der Waals surface area contributed by atoms with Gasteiger partial charge in [0, 0.05) is 27.7 Å². The summed E-state index contributed by atoms with van der Waals surface area (Å²) in [6, 6.07) is 14.0. The van der Waals surface area contributed by atoms with E-state index in [-0.39, 0.29) is 5.91 Å². The van der Waals surface area contributed by atoms with Crippen LogP contribution in [0.3, 0.4) is 0 Å². The lowest BCUT2D eigenvalue weighted by Gasteiger charge is -2.10. The molecule has 5 heteroatoms. The van der Waals surface area contributed by atoms with Crippen LogP contribution in [0.15, 0.2) is 52.0 Å². The number of aromatic nitrogens is 1. The fourth-order valence-electron chi connectivity index (χ4n) is 2.89. The monoisotopic (exact) mass is 428 g/mol. The Morgan fingerprint density at radius 3 is 2.54 bits per heavy atom. The first-order chi connectivity index (χ1) is 12.4. The van der Waals surface area contributed by atoms with Crippen molar-refractivity contribution in [3.05, 3.63) is 63.6 Å². The Kier molecular flexibility index (Phi) is 5.99. The summed E-state index contributed by atoms with van der Waals surface area (Å²) in [6.45, 7) is 6.33. The molecule has 0 unspecified atom stereocenters. The van der Waals surface area contributed by atoms with Crippen LogP contribution in [-0.4, -0.2) is 16.6 Å². The number of thioether (sulfide) groups is 1. The van der Waals surface area contributed by atoms with Gasteiger partial charge in [-0.3, -0.25) is 4.79 Å². The molecule has 3 aromatic rings. The number of anilines is 1. The molecule has 1 N–H and O–H groups in total. The highest BCUT2D eigenvalue weighted by Gasteiger charge is 2.08. The van der Waals surface area contributed by atoms with Gasteiger partial charge in [0.05, 0.1) is 10.5 Å². The zero-order valence-electron chi connectivity index (χ0n) is 15.1. The summed E-state index contributed by atoms with van der Waals surface area (Å²) in [4.78, 5) is 16.9. The van der Waals surface area contributed by atoms with Crippen LogP contribution in [0.4, 0.5) is 5.69 Å². The van der Waals surface area contributed by atoms with Crippen LogP contribution >= 0.6 is 27.7 Å². The van der Waals surface area contributed by atoms with Gasteiger partial charge >= 0.3 is 0 Å². The first-order valence-electron chi connectivity index (χ1n) is 8.49. The SMILES string of the molecule is Cc1cc(C)c2nc(SCCC(=O)Nc3ccc(Br)cc3)cc(C)c2c1. The number of hydrogen-bond acceptors (Lipinski definition) is 3. The molecule has 0 aliphatic heterocycles. The van der Waals surface area contributed by atoms with E-state index in [9.17, 15) is 4.79 Å². The Labute approximate surface area is 166 Å². The predicted octanol–water partition coefficient (Wildman–Crippen LogP) is 6.04. The van der Waals surface area contributed by atoms with Crippen LogP contribution in [-0.2, 0) is 4.79 Å². The van der Waals surface area contributed by atoms with Crippen LogP contribution in [0.2, 0.25) is 0 Å². The summed E-state index contributed by atoms with van der Waals surface area (Å²) in [5.41, 5.74) is 5.54. The molecule has 0 aliphatic rings. The maximum atomic E-state index is 12.1. The maximum Gasteiger partial charge on any atom is 0.225 e. The van der Waals surface area contributed by atoms with Crippen molar-refractivity contribution < 1.29 is 4.79 Å². The van der Waals surface area contributed by atoms with Crippen LogP contribution in [0.1, 0.15) is 23.1 Å². The molecule has 0 radical (unpaired) electrons. The number of hydrogen-bond donors (Lipinski definition) is 1. The number of amides is 1. The van der Waals surface area contributed by atoms with Crippen molar-refractivity contribution in [2.45, 2.75) is 32.2 Å². The number of fused-ring (bicyclic) bond motifs is 1. The lowest BCUT2D eigenvalue weighted by molar-refractivity contribution is -0.115. The number of benzene rings is 2. The van der Waals surface area contributed by atoms with Gasteiger partial charge in [0.15, 0.2) is 0 Å². The predicted molar refractivity (Wildman–Crippen MR) is 114 cm³/mol. The minimum atomic E-state index is 0.0177. The minimum absolute atomic E-state index is 0.0177. The summed E-state index contributed by atoms with van der Waals surface area (Å²) in [6.07, 6.45) is 0.451. The van der Waals surface area contributed by atoms with Crippen molar-refractivity contribution in [1.82, 2.24) is 4.98 Å². The molecule has 3 nitrogen and oxygen atoms in total. The van der Waals surface area contributed by atoms with Gasteiger partial charge in [0.2, 0.25) is 5.91 Å². The smallest absolute Gasteiger partial charge is 0.225 e. The molecule has 1 heterocycles. The van der Waals surface area contributed by atoms with Gasteiger partial charge in [-0.2, -0.15) is 0 Å². The fraction of sp³-hybridized carbons (Fsp3) is 0.238. The molecular weight excluding hydrogens is 408 g/mol. The summed E-state index contributed by atoms with van der Waals surface area (Å²) >= 11 is 5.01. The second-order valence-electron chi connectivity index (χ2n) is 6.41. The number of halogens is 1. The van der Waals surface area contributed by atoms with Gasteiger partial charge in [0.1, 0.15) is 0 Å². The van der Waals surface area contributed by atoms with Gasteiger partial charge < -0.3 is 5.32 Å². The molecule has 26 heavy (non-hydrogen) atoms. The Bertz CT molecular complexity index is 954. The highest BCUT2D eigenvalue weighted by molar-refractivity contribution is 9.10. The standard InChI is InChI=1S/C21H21BrN2OS/c1-13-10-15(3)21-18(11-13)14(2)12-20(24-21)26-9-8-19(25)23-17-6-4-16(22)5-7-17/h4-7,10-12H,8-9H2,1-3H3,(H,23,25). The minimum Gasteiger partial charge on any atom is -0.326 e. The van der Waals surface area contributed by atoms with Gasteiger partial charge in [-0.1, -0.05) is 27.6 Å². The number of rotatable bonds is 5. The van der Waals surface area contributed by atoms with Crippen LogP contribution in [0.25, 0.3) is 10.9 Å². The lowest BCUT2D eigenvalue weighted by atomic mass is 10.0. The average Bonchev–Trinajstić information content (AvgIpc) is 2.58. The quantitative estimate of drug-likeness (QED) is 0.503. The van der Waals surface area contributed by atoms with Crippen LogP contribution < -0.4 is 5.32 Å². The van der Waals surface area contributed by atoms with Crippen molar-refractivity contribution in [1.29, 1.82) is 0 Å². The molecule has 0 atom stereocenters. The third-order valence-electron chi connectivity index (χ3n) is 4.14. The second-order valence-corrected chi connectivity index (χ2v) is 8.44. The molecule has 0 aliphatic carbocycles. The summed E-state index contributed by atoms with van der Waals surface area (Å²) in [5.74, 6) is 0.717. The van der Waals surface area contributed by atoms with Crippen molar-refractivity contribution in [3.63, 3.8) is 0 Å². The van der Waals surface area contributed by atoms with E-state index in [0.29, 0.717) is 12.2 Å². The summed E-state index contributed by atoms with van der Waals surface area (Å²) in [7, 11) is 0. The zero-order valence-corrected chi connectivity index (χ0v) is 17.5. The van der Waals surface area contributed by atoms with Crippen molar-refractivity contribution in [3.8, 4) is 0 Å². The number of carbonyl (C=O) groups is 1. The van der Waals surface area contributed by atoms with E-state index in [2.05, 4.69) is 60.2 Å². The van der Waals surface area contributed by atoms with E-state index < -0.39 is 0 Å². The van der Waals surface area contributed by atoms with E-state index in [4.69, 9.17) is 4.98 Å². The van der Waals surface area contributed by atoms with Gasteiger partial charge in [-0.15, -0.1) is 11.8 Å². The molecule has 0 fully saturated rings. The van der Waals surface area contributed by atoms with E-state index >= 15 is 0 Å². The molecule has 2 aromatic carbocycles. The zero-order chi connectivity index (χ0) is 18.7. The average molecular weight is 429 g/mol. The van der Waals surface area contributed by atoms with Crippen molar-refractivity contribution in [2.75, 3.05) is 11.1 Å². The Morgan fingerprint density at radius 1 is 1.08 bits per heavy atom. The summed E-state index contributed by atoms with van der Waals surface area (Å²) < 4.78 is 0.995. The van der Waals surface area contributed by atoms with Gasteiger partial charge in [-0.25, -0.2) is 4.98 Å². The fourth-order valence-corrected chi connectivity index (χ4v) is 4.07. The molecule has 0 saturated carbocycles. The van der Waals surface area contributed by atoms with Crippen LogP contribution in [0.5, 0.6) is 0 Å². The first-order valence-corrected chi connectivity index (χ1v) is 10.3. The number of aryl methyl sites for hydroxylation is 3. The van der Waals surface area contributed by atoms with E-state index in [1.54, 1.807) is 11.8 Å². The van der Waals surface area contributed by atoms with Crippen LogP contribution in [0, 0.1) is 20.8 Å². The molecule has 0 saturated heterocycles. The lowest BCUT2D eigenvalue weighted by Crippen LogP contribution is -2.12. The normalized spacial score (nSPS) is 10.9. The summed E-state index contributed by atoms with van der Waals surface area (Å²) in [5, 5.41) is 5.10. The van der Waals surface area contributed by atoms with Gasteiger partial charge in [0.25, 0.3) is 0 Å². The van der Waals surface area contributed by atoms with Crippen molar-refractivity contribution in [2.24, 2.45) is 0 Å². The third-order valence-corrected chi connectivity index (χ3v) is 5.58. The molecular formula is C21H21BrN2OS. The van der Waals surface area contributed by atoms with Gasteiger partial charge in [-0.05, 0) is 68.3 Å². The number of carbonyl (C=O) groups excluding carboxylic acids is 1. The maximum absolute atomic E-state index is 12.1. The molecule has 3 rings (SSSR count). The van der Waals surface area contributed by atoms with E-state index in [1.807, 2.05) is 24.3 Å². The Balaban J connectivity index is 1.62. The Morgan fingerprint density at radius 2 is 1.81 bits per heavy atom. The number of nitrogens with one attached hydrogen (secondary N) is 1. The number of pyridine rings is 1. The molecule has 0 spiro atoms. The van der Waals surface area contributed by atoms with E-state index in [0.717, 1.165) is 20.7 Å². The highest BCUT2D eigenvalue weighted by Crippen LogP contribution is 2.27. The first kappa shape index (κ1) is 18.9. The molecule has 1 aromatic heterocycles. The highest BCUT2D eigenvalue weighted by atomic mass is 79.9. The van der Waals surface area contributed by atoms with E-state index in [1.165, 1.54) is 22.1 Å². The molecule has 1 amide bonds. The third kappa shape index (κ3) is 4.65. The number of nitrogens with zero attached hydrogens (tertiary/aromatic N) is 1. The topological polar surface area (TPSA) is 42.0 Å².